The molecule has 1 fully saturated rings. The maximum Gasteiger partial charge on any atom is 0.132 e. The minimum absolute atomic E-state index is 0.0590. The molecule has 0 bridgehead atoms. The molecule has 1 aliphatic rings. The van der Waals surface area contributed by atoms with Crippen molar-refractivity contribution in [2.24, 2.45) is 0 Å². The standard InChI is InChI=1S/C12H19NO2/c1-10(12-6-4-8-14-12)15-9-11-5-2-3-7-13-11/h4,6,8,10-11,13H,2-3,5,7,9H2,1H3/t10-,11+/m1/s1. The van der Waals surface area contributed by atoms with Crippen LogP contribution < -0.4 is 5.32 Å². The molecule has 1 N–H and O–H groups in total. The van der Waals surface area contributed by atoms with Crippen molar-refractivity contribution in [3.63, 3.8) is 0 Å². The van der Waals surface area contributed by atoms with E-state index in [-0.39, 0.29) is 6.10 Å². The van der Waals surface area contributed by atoms with Crippen molar-refractivity contribution in [3.8, 4) is 0 Å². The molecule has 0 amide bonds. The number of furan rings is 1. The molecular weight excluding hydrogens is 190 g/mol. The minimum atomic E-state index is 0.0590. The van der Waals surface area contributed by atoms with E-state index in [1.165, 1.54) is 19.3 Å². The summed E-state index contributed by atoms with van der Waals surface area (Å²) in [6, 6.07) is 4.38. The van der Waals surface area contributed by atoms with E-state index >= 15 is 0 Å². The lowest BCUT2D eigenvalue weighted by Crippen LogP contribution is -2.37. The number of hydrogen-bond donors (Lipinski definition) is 1. The third kappa shape index (κ3) is 3.08. The molecule has 0 saturated carbocycles. The van der Waals surface area contributed by atoms with Crippen LogP contribution in [0.15, 0.2) is 22.8 Å². The minimum Gasteiger partial charge on any atom is -0.467 e. The average molecular weight is 209 g/mol. The molecular formula is C12H19NO2. The Kier molecular flexibility index (Phi) is 3.80. The Morgan fingerprint density at radius 2 is 2.53 bits per heavy atom. The molecule has 2 rings (SSSR count). The molecule has 0 aliphatic carbocycles. The predicted octanol–water partition coefficient (Wildman–Crippen LogP) is 2.50. The van der Waals surface area contributed by atoms with E-state index in [4.69, 9.17) is 9.15 Å². The lowest BCUT2D eigenvalue weighted by Gasteiger charge is -2.24. The van der Waals surface area contributed by atoms with Crippen molar-refractivity contribution in [1.29, 1.82) is 0 Å². The van der Waals surface area contributed by atoms with Gasteiger partial charge in [0.1, 0.15) is 11.9 Å². The van der Waals surface area contributed by atoms with Crippen LogP contribution in [-0.4, -0.2) is 19.2 Å². The summed E-state index contributed by atoms with van der Waals surface area (Å²) in [5, 5.41) is 3.46. The van der Waals surface area contributed by atoms with Gasteiger partial charge in [-0.2, -0.15) is 0 Å². The van der Waals surface area contributed by atoms with Gasteiger partial charge in [-0.05, 0) is 38.4 Å². The van der Waals surface area contributed by atoms with Crippen LogP contribution in [0.2, 0.25) is 0 Å². The molecule has 2 heterocycles. The maximum atomic E-state index is 5.77. The summed E-state index contributed by atoms with van der Waals surface area (Å²) in [4.78, 5) is 0. The molecule has 84 valence electrons. The quantitative estimate of drug-likeness (QED) is 0.827. The highest BCUT2D eigenvalue weighted by molar-refractivity contribution is 5.00. The van der Waals surface area contributed by atoms with Gasteiger partial charge < -0.3 is 14.5 Å². The van der Waals surface area contributed by atoms with E-state index < -0.39 is 0 Å². The number of piperidine rings is 1. The van der Waals surface area contributed by atoms with Crippen molar-refractivity contribution in [2.75, 3.05) is 13.2 Å². The van der Waals surface area contributed by atoms with Gasteiger partial charge in [0.15, 0.2) is 0 Å². The average Bonchev–Trinajstić information content (AvgIpc) is 2.81. The van der Waals surface area contributed by atoms with Crippen LogP contribution in [0.5, 0.6) is 0 Å². The van der Waals surface area contributed by atoms with Crippen molar-refractivity contribution in [3.05, 3.63) is 24.2 Å². The zero-order valence-corrected chi connectivity index (χ0v) is 9.24. The van der Waals surface area contributed by atoms with E-state index in [0.717, 1.165) is 18.9 Å². The highest BCUT2D eigenvalue weighted by Gasteiger charge is 2.15. The summed E-state index contributed by atoms with van der Waals surface area (Å²) >= 11 is 0. The van der Waals surface area contributed by atoms with Crippen LogP contribution in [0.3, 0.4) is 0 Å². The Bertz CT molecular complexity index is 265. The van der Waals surface area contributed by atoms with Crippen molar-refractivity contribution < 1.29 is 9.15 Å². The Morgan fingerprint density at radius 3 is 3.20 bits per heavy atom. The Labute approximate surface area is 90.8 Å². The van der Waals surface area contributed by atoms with Gasteiger partial charge in [-0.3, -0.25) is 0 Å². The molecule has 1 aromatic rings. The van der Waals surface area contributed by atoms with Gasteiger partial charge in [0.2, 0.25) is 0 Å². The fourth-order valence-corrected chi connectivity index (χ4v) is 1.93. The summed E-state index contributed by atoms with van der Waals surface area (Å²) in [6.07, 6.45) is 5.59. The molecule has 1 aromatic heterocycles. The molecule has 1 aliphatic heterocycles. The van der Waals surface area contributed by atoms with Crippen molar-refractivity contribution in [1.82, 2.24) is 5.32 Å². The van der Waals surface area contributed by atoms with E-state index in [1.807, 2.05) is 19.1 Å². The van der Waals surface area contributed by atoms with Gasteiger partial charge >= 0.3 is 0 Å². The van der Waals surface area contributed by atoms with Crippen LogP contribution in [0.25, 0.3) is 0 Å². The zero-order valence-electron chi connectivity index (χ0n) is 9.24. The van der Waals surface area contributed by atoms with Gasteiger partial charge in [0.25, 0.3) is 0 Å². The number of rotatable bonds is 4. The van der Waals surface area contributed by atoms with Crippen LogP contribution in [-0.2, 0) is 4.74 Å². The fraction of sp³-hybridized carbons (Fsp3) is 0.667. The summed E-state index contributed by atoms with van der Waals surface area (Å²) in [6.45, 7) is 3.94. The first-order valence-electron chi connectivity index (χ1n) is 5.74. The van der Waals surface area contributed by atoms with Gasteiger partial charge in [-0.1, -0.05) is 6.42 Å². The van der Waals surface area contributed by atoms with Gasteiger partial charge in [0, 0.05) is 6.04 Å². The molecule has 3 nitrogen and oxygen atoms in total. The summed E-state index contributed by atoms with van der Waals surface area (Å²) < 4.78 is 11.1. The second kappa shape index (κ2) is 5.33. The smallest absolute Gasteiger partial charge is 0.132 e. The lowest BCUT2D eigenvalue weighted by molar-refractivity contribution is 0.0314. The number of nitrogens with one attached hydrogen (secondary N) is 1. The molecule has 0 radical (unpaired) electrons. The monoisotopic (exact) mass is 209 g/mol. The summed E-state index contributed by atoms with van der Waals surface area (Å²) in [5.74, 6) is 0.908. The molecule has 2 atom stereocenters. The van der Waals surface area contributed by atoms with Gasteiger partial charge in [-0.15, -0.1) is 0 Å². The third-order valence-corrected chi connectivity index (χ3v) is 2.90. The van der Waals surface area contributed by atoms with Crippen LogP contribution in [0.1, 0.15) is 38.1 Å². The fourth-order valence-electron chi connectivity index (χ4n) is 1.93. The molecule has 0 spiro atoms. The molecule has 1 saturated heterocycles. The molecule has 15 heavy (non-hydrogen) atoms. The van der Waals surface area contributed by atoms with Crippen molar-refractivity contribution in [2.45, 2.75) is 38.3 Å². The highest BCUT2D eigenvalue weighted by Crippen LogP contribution is 2.18. The SMILES string of the molecule is C[C@@H](OC[C@@H]1CCCCN1)c1ccco1. The van der Waals surface area contributed by atoms with E-state index in [0.29, 0.717) is 6.04 Å². The second-order valence-corrected chi connectivity index (χ2v) is 4.14. The second-order valence-electron chi connectivity index (χ2n) is 4.14. The first-order valence-corrected chi connectivity index (χ1v) is 5.74. The molecule has 3 heteroatoms. The molecule has 0 aromatic carbocycles. The normalized spacial score (nSPS) is 23.9. The van der Waals surface area contributed by atoms with Crippen LogP contribution in [0, 0.1) is 0 Å². The largest absolute Gasteiger partial charge is 0.467 e. The highest BCUT2D eigenvalue weighted by atomic mass is 16.5. The first-order chi connectivity index (χ1) is 7.36. The topological polar surface area (TPSA) is 34.4 Å². The van der Waals surface area contributed by atoms with E-state index in [1.54, 1.807) is 6.26 Å². The lowest BCUT2D eigenvalue weighted by atomic mass is 10.1. The van der Waals surface area contributed by atoms with Crippen molar-refractivity contribution >= 4 is 0 Å². The zero-order chi connectivity index (χ0) is 10.5. The van der Waals surface area contributed by atoms with Gasteiger partial charge in [-0.25, -0.2) is 0 Å². The number of hydrogen-bond acceptors (Lipinski definition) is 3. The third-order valence-electron chi connectivity index (χ3n) is 2.90. The summed E-state index contributed by atoms with van der Waals surface area (Å²) in [5.41, 5.74) is 0. The van der Waals surface area contributed by atoms with Gasteiger partial charge in [0.05, 0.1) is 12.9 Å². The Hall–Kier alpha value is -0.800. The van der Waals surface area contributed by atoms with Crippen LogP contribution >= 0.6 is 0 Å². The van der Waals surface area contributed by atoms with Crippen LogP contribution in [0.4, 0.5) is 0 Å². The summed E-state index contributed by atoms with van der Waals surface area (Å²) in [7, 11) is 0. The maximum absolute atomic E-state index is 5.77. The Balaban J connectivity index is 1.73. The molecule has 0 unspecified atom stereocenters. The Morgan fingerprint density at radius 1 is 1.60 bits per heavy atom. The first kappa shape index (κ1) is 10.7. The van der Waals surface area contributed by atoms with E-state index in [9.17, 15) is 0 Å². The predicted molar refractivity (Wildman–Crippen MR) is 58.7 cm³/mol. The number of ether oxygens (including phenoxy) is 1. The van der Waals surface area contributed by atoms with E-state index in [2.05, 4.69) is 5.32 Å².